The van der Waals surface area contributed by atoms with Crippen molar-refractivity contribution in [1.29, 1.82) is 0 Å². The molecule has 0 unspecified atom stereocenters. The van der Waals surface area contributed by atoms with Gasteiger partial charge in [-0.1, -0.05) is 12.1 Å². The van der Waals surface area contributed by atoms with E-state index in [1.807, 2.05) is 43.0 Å². The first-order valence-electron chi connectivity index (χ1n) is 9.55. The molecule has 0 atom stereocenters. The van der Waals surface area contributed by atoms with Crippen LogP contribution in [0, 0.1) is 0 Å². The van der Waals surface area contributed by atoms with Crippen molar-refractivity contribution in [2.45, 2.75) is 51.2 Å². The number of nitrogens with one attached hydrogen (secondary N) is 1. The molecule has 2 heterocycles. The number of hydrogen-bond acceptors (Lipinski definition) is 5. The summed E-state index contributed by atoms with van der Waals surface area (Å²) in [6.45, 7) is 5.08. The molecule has 1 fully saturated rings. The number of aryl methyl sites for hydroxylation is 1. The summed E-state index contributed by atoms with van der Waals surface area (Å²) in [6, 6.07) is 9.84. The number of benzene rings is 1. The van der Waals surface area contributed by atoms with E-state index in [1.54, 1.807) is 18.5 Å². The third-order valence-electron chi connectivity index (χ3n) is 4.91. The van der Waals surface area contributed by atoms with E-state index in [2.05, 4.69) is 15.3 Å². The molecule has 6 heteroatoms. The molecule has 0 saturated carbocycles. The summed E-state index contributed by atoms with van der Waals surface area (Å²) in [5, 5.41) is 13.2. The maximum atomic E-state index is 12.7. The molecule has 1 aromatic carbocycles. The summed E-state index contributed by atoms with van der Waals surface area (Å²) in [7, 11) is 0. The molecule has 0 aliphatic carbocycles. The van der Waals surface area contributed by atoms with Crippen LogP contribution in [0.2, 0.25) is 0 Å². The maximum Gasteiger partial charge on any atom is 0.253 e. The number of amides is 1. The molecule has 1 aliphatic heterocycles. The molecule has 1 aliphatic rings. The normalized spacial score (nSPS) is 15.6. The summed E-state index contributed by atoms with van der Waals surface area (Å²) in [5.74, 6) is 0.724. The smallest absolute Gasteiger partial charge is 0.253 e. The minimum Gasteiger partial charge on any atom is -0.390 e. The highest BCUT2D eigenvalue weighted by Gasteiger charge is 2.24. The van der Waals surface area contributed by atoms with Crippen LogP contribution < -0.4 is 5.32 Å². The first-order chi connectivity index (χ1) is 12.9. The molecule has 1 aromatic heterocycles. The van der Waals surface area contributed by atoms with Crippen molar-refractivity contribution < 1.29 is 9.90 Å². The quantitative estimate of drug-likeness (QED) is 0.820. The van der Waals surface area contributed by atoms with Crippen LogP contribution >= 0.6 is 0 Å². The van der Waals surface area contributed by atoms with Crippen LogP contribution in [0.3, 0.4) is 0 Å². The van der Waals surface area contributed by atoms with Crippen molar-refractivity contribution in [3.05, 3.63) is 53.9 Å². The second kappa shape index (κ2) is 8.48. The fourth-order valence-electron chi connectivity index (χ4n) is 3.23. The van der Waals surface area contributed by atoms with Crippen molar-refractivity contribution in [2.24, 2.45) is 0 Å². The fraction of sp³-hybridized carbons (Fsp3) is 0.476. The van der Waals surface area contributed by atoms with E-state index in [0.29, 0.717) is 18.4 Å². The van der Waals surface area contributed by atoms with Gasteiger partial charge in [-0.2, -0.15) is 0 Å². The number of carbonyl (C=O) groups is 1. The Balaban J connectivity index is 1.50. The second-order valence-electron chi connectivity index (χ2n) is 7.79. The molecule has 144 valence electrons. The summed E-state index contributed by atoms with van der Waals surface area (Å²) in [6.07, 6.45) is 6.71. The van der Waals surface area contributed by atoms with Crippen LogP contribution in [0.4, 0.5) is 5.95 Å². The lowest BCUT2D eigenvalue weighted by molar-refractivity contribution is 0.0706. The SMILES string of the molecule is CC(C)(O)CCc1ccc(C(=O)N2CCC(Nc3ncccn3)CC2)cc1. The van der Waals surface area contributed by atoms with Crippen LogP contribution in [0.15, 0.2) is 42.7 Å². The zero-order valence-corrected chi connectivity index (χ0v) is 16.1. The van der Waals surface area contributed by atoms with E-state index < -0.39 is 5.60 Å². The third-order valence-corrected chi connectivity index (χ3v) is 4.91. The average Bonchev–Trinajstić information content (AvgIpc) is 2.67. The lowest BCUT2D eigenvalue weighted by atomic mass is 9.98. The molecule has 1 amide bonds. The predicted molar refractivity (Wildman–Crippen MR) is 106 cm³/mol. The molecule has 0 bridgehead atoms. The van der Waals surface area contributed by atoms with Gasteiger partial charge in [0.2, 0.25) is 5.95 Å². The molecular weight excluding hydrogens is 340 g/mol. The number of likely N-dealkylation sites (tertiary alicyclic amines) is 1. The average molecular weight is 368 g/mol. The molecule has 2 aromatic rings. The minimum atomic E-state index is -0.669. The van der Waals surface area contributed by atoms with Gasteiger partial charge >= 0.3 is 0 Å². The van der Waals surface area contributed by atoms with Crippen LogP contribution in [0.1, 0.15) is 49.0 Å². The number of aliphatic hydroxyl groups is 1. The van der Waals surface area contributed by atoms with Crippen LogP contribution in [-0.4, -0.2) is 50.6 Å². The Bertz CT molecular complexity index is 733. The van der Waals surface area contributed by atoms with Crippen molar-refractivity contribution in [2.75, 3.05) is 18.4 Å². The van der Waals surface area contributed by atoms with Gasteiger partial charge in [0.15, 0.2) is 0 Å². The Morgan fingerprint density at radius 1 is 1.19 bits per heavy atom. The van der Waals surface area contributed by atoms with E-state index >= 15 is 0 Å². The highest BCUT2D eigenvalue weighted by molar-refractivity contribution is 5.94. The van der Waals surface area contributed by atoms with Gasteiger partial charge in [-0.05, 0) is 63.3 Å². The van der Waals surface area contributed by atoms with Crippen LogP contribution in [0.25, 0.3) is 0 Å². The van der Waals surface area contributed by atoms with Crippen molar-refractivity contribution in [3.63, 3.8) is 0 Å². The van der Waals surface area contributed by atoms with E-state index in [1.165, 1.54) is 0 Å². The molecule has 2 N–H and O–H groups in total. The molecular formula is C21H28N4O2. The Morgan fingerprint density at radius 3 is 2.41 bits per heavy atom. The summed E-state index contributed by atoms with van der Waals surface area (Å²) in [5.41, 5.74) is 1.19. The van der Waals surface area contributed by atoms with Crippen molar-refractivity contribution >= 4 is 11.9 Å². The third kappa shape index (κ3) is 5.76. The summed E-state index contributed by atoms with van der Waals surface area (Å²) < 4.78 is 0. The number of rotatable bonds is 6. The molecule has 1 saturated heterocycles. The van der Waals surface area contributed by atoms with Gasteiger partial charge in [0, 0.05) is 37.1 Å². The molecule has 0 spiro atoms. The van der Waals surface area contributed by atoms with Gasteiger partial charge in [0.1, 0.15) is 0 Å². The topological polar surface area (TPSA) is 78.4 Å². The van der Waals surface area contributed by atoms with Gasteiger partial charge < -0.3 is 15.3 Å². The Hall–Kier alpha value is -2.47. The number of anilines is 1. The monoisotopic (exact) mass is 368 g/mol. The zero-order chi connectivity index (χ0) is 19.3. The number of carbonyl (C=O) groups excluding carboxylic acids is 1. The Labute approximate surface area is 160 Å². The minimum absolute atomic E-state index is 0.0819. The summed E-state index contributed by atoms with van der Waals surface area (Å²) in [4.78, 5) is 23.0. The maximum absolute atomic E-state index is 12.7. The van der Waals surface area contributed by atoms with Crippen molar-refractivity contribution in [1.82, 2.24) is 14.9 Å². The van der Waals surface area contributed by atoms with Gasteiger partial charge in [0.05, 0.1) is 5.60 Å². The van der Waals surface area contributed by atoms with E-state index in [9.17, 15) is 9.90 Å². The molecule has 6 nitrogen and oxygen atoms in total. The molecule has 0 radical (unpaired) electrons. The molecule has 3 rings (SSSR count). The first kappa shape index (κ1) is 19.3. The number of nitrogens with zero attached hydrogens (tertiary/aromatic N) is 3. The Kier molecular flexibility index (Phi) is 6.06. The van der Waals surface area contributed by atoms with Gasteiger partial charge in [-0.25, -0.2) is 9.97 Å². The number of piperidine rings is 1. The zero-order valence-electron chi connectivity index (χ0n) is 16.1. The Morgan fingerprint density at radius 2 is 1.81 bits per heavy atom. The van der Waals surface area contributed by atoms with Crippen LogP contribution in [0.5, 0.6) is 0 Å². The standard InChI is InChI=1S/C21H28N4O2/c1-21(2,27)11-8-16-4-6-17(7-5-16)19(26)25-14-9-18(10-15-25)24-20-22-12-3-13-23-20/h3-7,12-13,18,27H,8-11,14-15H2,1-2H3,(H,22,23,24). The largest absolute Gasteiger partial charge is 0.390 e. The van der Waals surface area contributed by atoms with Gasteiger partial charge in [-0.3, -0.25) is 4.79 Å². The summed E-state index contributed by atoms with van der Waals surface area (Å²) >= 11 is 0. The van der Waals surface area contributed by atoms with E-state index in [-0.39, 0.29) is 5.91 Å². The van der Waals surface area contributed by atoms with E-state index in [4.69, 9.17) is 0 Å². The highest BCUT2D eigenvalue weighted by atomic mass is 16.3. The lowest BCUT2D eigenvalue weighted by Crippen LogP contribution is -2.42. The molecule has 27 heavy (non-hydrogen) atoms. The fourth-order valence-corrected chi connectivity index (χ4v) is 3.23. The van der Waals surface area contributed by atoms with E-state index in [0.717, 1.165) is 43.5 Å². The number of hydrogen-bond donors (Lipinski definition) is 2. The number of aromatic nitrogens is 2. The van der Waals surface area contributed by atoms with Crippen LogP contribution in [-0.2, 0) is 6.42 Å². The predicted octanol–water partition coefficient (Wildman–Crippen LogP) is 2.90. The second-order valence-corrected chi connectivity index (χ2v) is 7.79. The highest BCUT2D eigenvalue weighted by Crippen LogP contribution is 2.18. The van der Waals surface area contributed by atoms with Gasteiger partial charge in [0.25, 0.3) is 5.91 Å². The van der Waals surface area contributed by atoms with Crippen molar-refractivity contribution in [3.8, 4) is 0 Å². The first-order valence-corrected chi connectivity index (χ1v) is 9.55. The lowest BCUT2D eigenvalue weighted by Gasteiger charge is -2.32. The van der Waals surface area contributed by atoms with Gasteiger partial charge in [-0.15, -0.1) is 0 Å².